The van der Waals surface area contributed by atoms with Gasteiger partial charge in [-0.05, 0) is 24.6 Å². The van der Waals surface area contributed by atoms with Crippen LogP contribution < -0.4 is 21.1 Å². The Morgan fingerprint density at radius 3 is 2.90 bits per heavy atom. The molecule has 152 valence electrons. The number of H-pyrrole nitrogens is 1. The first-order valence-electron chi connectivity index (χ1n) is 8.91. The van der Waals surface area contributed by atoms with Crippen LogP contribution in [0.5, 0.6) is 0 Å². The smallest absolute Gasteiger partial charge is 0.238 e. The van der Waals surface area contributed by atoms with E-state index < -0.39 is 10.0 Å². The number of sulfonamides is 1. The molecule has 0 spiro atoms. The fourth-order valence-electron chi connectivity index (χ4n) is 3.40. The standard InChI is InChI=1S/C17H20N8O3S/c1-19-16(26)12-5-9(7-20-12)13-14-15(22-8-21-14)25-17(24-13)23-10-3-2-4-11(6-10)29(18,27)28/h2-4,6,8-9,12,20H,5,7H2,1H3,(H,19,26)(H2,18,27,28)(H2,21,22,23,24,25). The van der Waals surface area contributed by atoms with Crippen molar-refractivity contribution in [2.45, 2.75) is 23.3 Å². The molecule has 1 saturated heterocycles. The minimum Gasteiger partial charge on any atom is -0.358 e. The number of fused-ring (bicyclic) bond motifs is 1. The van der Waals surface area contributed by atoms with E-state index in [1.807, 2.05) is 0 Å². The average molecular weight is 416 g/mol. The molecule has 1 aliphatic rings. The van der Waals surface area contributed by atoms with Crippen LogP contribution in [0.25, 0.3) is 11.2 Å². The molecule has 0 aliphatic carbocycles. The first-order valence-corrected chi connectivity index (χ1v) is 10.5. The summed E-state index contributed by atoms with van der Waals surface area (Å²) in [5.41, 5.74) is 2.37. The Labute approximate surface area is 166 Å². The normalized spacial score (nSPS) is 19.4. The number of nitrogens with zero attached hydrogens (tertiary/aromatic N) is 3. The molecular formula is C17H20N8O3S. The topological polar surface area (TPSA) is 168 Å². The van der Waals surface area contributed by atoms with E-state index in [0.717, 1.165) is 0 Å². The van der Waals surface area contributed by atoms with Crippen molar-refractivity contribution in [3.05, 3.63) is 36.3 Å². The monoisotopic (exact) mass is 416 g/mol. The van der Waals surface area contributed by atoms with Gasteiger partial charge in [0, 0.05) is 25.2 Å². The van der Waals surface area contributed by atoms with Gasteiger partial charge in [0.15, 0.2) is 5.65 Å². The molecule has 1 amide bonds. The predicted molar refractivity (Wildman–Crippen MR) is 106 cm³/mol. The Morgan fingerprint density at radius 1 is 1.31 bits per heavy atom. The van der Waals surface area contributed by atoms with Gasteiger partial charge in [-0.3, -0.25) is 4.79 Å². The third-order valence-corrected chi connectivity index (χ3v) is 5.72. The molecule has 1 aliphatic heterocycles. The number of benzene rings is 1. The third kappa shape index (κ3) is 3.90. The number of primary sulfonamides is 1. The number of hydrogen-bond donors (Lipinski definition) is 5. The number of aromatic amines is 1. The molecule has 3 heterocycles. The Bertz CT molecular complexity index is 1180. The summed E-state index contributed by atoms with van der Waals surface area (Å²) in [6, 6.07) is 5.79. The summed E-state index contributed by atoms with van der Waals surface area (Å²) < 4.78 is 23.2. The number of nitrogens with two attached hydrogens (primary N) is 1. The Kier molecular flexibility index (Phi) is 4.90. The van der Waals surface area contributed by atoms with Gasteiger partial charge in [-0.2, -0.15) is 4.98 Å². The van der Waals surface area contributed by atoms with E-state index in [2.05, 4.69) is 35.9 Å². The van der Waals surface area contributed by atoms with Gasteiger partial charge in [-0.1, -0.05) is 6.07 Å². The highest BCUT2D eigenvalue weighted by Crippen LogP contribution is 2.30. The summed E-state index contributed by atoms with van der Waals surface area (Å²) in [5, 5.41) is 14.1. The maximum absolute atomic E-state index is 11.9. The van der Waals surface area contributed by atoms with Gasteiger partial charge in [-0.15, -0.1) is 0 Å². The largest absolute Gasteiger partial charge is 0.358 e. The molecule has 2 unspecified atom stereocenters. The van der Waals surface area contributed by atoms with Gasteiger partial charge >= 0.3 is 0 Å². The maximum atomic E-state index is 11.9. The summed E-state index contributed by atoms with van der Waals surface area (Å²) >= 11 is 0. The molecule has 1 fully saturated rings. The lowest BCUT2D eigenvalue weighted by Gasteiger charge is -2.12. The van der Waals surface area contributed by atoms with Crippen molar-refractivity contribution in [3.8, 4) is 0 Å². The van der Waals surface area contributed by atoms with Crippen LogP contribution in [0, 0.1) is 0 Å². The SMILES string of the molecule is CNC(=O)C1CC(c2nc(Nc3cccc(S(N)(=O)=O)c3)nc3[nH]cnc23)CN1. The molecule has 0 saturated carbocycles. The van der Waals surface area contributed by atoms with E-state index >= 15 is 0 Å². The number of rotatable bonds is 5. The second-order valence-electron chi connectivity index (χ2n) is 6.74. The molecule has 6 N–H and O–H groups in total. The number of carbonyl (C=O) groups is 1. The van der Waals surface area contributed by atoms with Crippen LogP contribution in [-0.2, 0) is 14.8 Å². The third-order valence-electron chi connectivity index (χ3n) is 4.81. The molecule has 29 heavy (non-hydrogen) atoms. The van der Waals surface area contributed by atoms with E-state index in [-0.39, 0.29) is 28.7 Å². The lowest BCUT2D eigenvalue weighted by molar-refractivity contribution is -0.122. The lowest BCUT2D eigenvalue weighted by atomic mass is 10.0. The minimum absolute atomic E-state index is 0.0150. The average Bonchev–Trinajstić information content (AvgIpc) is 3.36. The zero-order valence-electron chi connectivity index (χ0n) is 15.5. The number of likely N-dealkylation sites (N-methyl/N-ethyl adjacent to an activating group) is 1. The van der Waals surface area contributed by atoms with E-state index in [0.29, 0.717) is 35.5 Å². The number of aromatic nitrogens is 4. The number of nitrogens with one attached hydrogen (secondary N) is 4. The predicted octanol–water partition coefficient (Wildman–Crippen LogP) is -0.0646. The second kappa shape index (κ2) is 7.39. The van der Waals surface area contributed by atoms with Crippen molar-refractivity contribution >= 4 is 38.7 Å². The highest BCUT2D eigenvalue weighted by molar-refractivity contribution is 7.89. The molecule has 0 bridgehead atoms. The first-order chi connectivity index (χ1) is 13.8. The van der Waals surface area contributed by atoms with Crippen LogP contribution in [-0.4, -0.2) is 53.9 Å². The highest BCUT2D eigenvalue weighted by Gasteiger charge is 2.32. The van der Waals surface area contributed by atoms with Crippen molar-refractivity contribution in [3.63, 3.8) is 0 Å². The lowest BCUT2D eigenvalue weighted by Crippen LogP contribution is -2.38. The molecule has 3 aromatic rings. The Balaban J connectivity index is 1.66. The number of carbonyl (C=O) groups excluding carboxylic acids is 1. The first kappa shape index (κ1) is 19.2. The van der Waals surface area contributed by atoms with Crippen molar-refractivity contribution in [1.29, 1.82) is 0 Å². The van der Waals surface area contributed by atoms with Crippen LogP contribution in [0.2, 0.25) is 0 Å². The van der Waals surface area contributed by atoms with Gasteiger partial charge < -0.3 is 20.9 Å². The van der Waals surface area contributed by atoms with Crippen LogP contribution in [0.3, 0.4) is 0 Å². The summed E-state index contributed by atoms with van der Waals surface area (Å²) in [5.74, 6) is 0.187. The maximum Gasteiger partial charge on any atom is 0.238 e. The van der Waals surface area contributed by atoms with Crippen molar-refractivity contribution in [2.75, 3.05) is 18.9 Å². The molecule has 2 atom stereocenters. The quantitative estimate of drug-likeness (QED) is 0.385. The summed E-state index contributed by atoms with van der Waals surface area (Å²) in [6.07, 6.45) is 2.12. The minimum atomic E-state index is -3.82. The van der Waals surface area contributed by atoms with Crippen molar-refractivity contribution < 1.29 is 13.2 Å². The summed E-state index contributed by atoms with van der Waals surface area (Å²) in [7, 11) is -2.22. The van der Waals surface area contributed by atoms with Gasteiger partial charge in [-0.25, -0.2) is 23.5 Å². The number of anilines is 2. The van der Waals surface area contributed by atoms with Gasteiger partial charge in [0.25, 0.3) is 0 Å². The molecule has 1 aromatic carbocycles. The molecule has 11 nitrogen and oxygen atoms in total. The fourth-order valence-corrected chi connectivity index (χ4v) is 3.96. The van der Waals surface area contributed by atoms with Crippen LogP contribution in [0.1, 0.15) is 18.0 Å². The van der Waals surface area contributed by atoms with E-state index in [1.165, 1.54) is 18.5 Å². The van der Waals surface area contributed by atoms with Gasteiger partial charge in [0.2, 0.25) is 21.9 Å². The van der Waals surface area contributed by atoms with Gasteiger partial charge in [0.05, 0.1) is 23.0 Å². The van der Waals surface area contributed by atoms with E-state index in [4.69, 9.17) is 5.14 Å². The van der Waals surface area contributed by atoms with Crippen molar-refractivity contribution in [1.82, 2.24) is 30.6 Å². The Hall–Kier alpha value is -3.09. The van der Waals surface area contributed by atoms with E-state index in [9.17, 15) is 13.2 Å². The molecule has 12 heteroatoms. The van der Waals surface area contributed by atoms with Crippen LogP contribution in [0.15, 0.2) is 35.5 Å². The molecule has 2 aromatic heterocycles. The number of amides is 1. The Morgan fingerprint density at radius 2 is 2.14 bits per heavy atom. The highest BCUT2D eigenvalue weighted by atomic mass is 32.2. The number of hydrogen-bond acceptors (Lipinski definition) is 8. The fraction of sp³-hybridized carbons (Fsp3) is 0.294. The van der Waals surface area contributed by atoms with Gasteiger partial charge in [0.1, 0.15) is 5.52 Å². The molecular weight excluding hydrogens is 396 g/mol. The van der Waals surface area contributed by atoms with Crippen LogP contribution in [0.4, 0.5) is 11.6 Å². The zero-order chi connectivity index (χ0) is 20.6. The summed E-state index contributed by atoms with van der Waals surface area (Å²) in [6.45, 7) is 0.581. The molecule has 4 rings (SSSR count). The zero-order valence-corrected chi connectivity index (χ0v) is 16.3. The van der Waals surface area contributed by atoms with E-state index in [1.54, 1.807) is 19.2 Å². The number of imidazole rings is 1. The second-order valence-corrected chi connectivity index (χ2v) is 8.30. The molecule has 0 radical (unpaired) electrons. The van der Waals surface area contributed by atoms with Crippen LogP contribution >= 0.6 is 0 Å². The summed E-state index contributed by atoms with van der Waals surface area (Å²) in [4.78, 5) is 28.2. The van der Waals surface area contributed by atoms with Crippen molar-refractivity contribution in [2.24, 2.45) is 5.14 Å².